The Bertz CT molecular complexity index is 556. The number of fused-ring (bicyclic) bond motifs is 5. The molecule has 0 aromatic rings. The molecule has 0 radical (unpaired) electrons. The number of aliphatic hydroxyl groups excluding tert-OH is 1. The molecule has 0 spiro atoms. The summed E-state index contributed by atoms with van der Waals surface area (Å²) in [5.74, 6) is 3.20. The molecule has 0 aromatic heterocycles. The largest absolute Gasteiger partial charge is 0.393 e. The van der Waals surface area contributed by atoms with E-state index >= 15 is 0 Å². The summed E-state index contributed by atoms with van der Waals surface area (Å²) in [4.78, 5) is 12.0. The number of halogens is 1. The fourth-order valence-corrected chi connectivity index (χ4v) is 7.73. The molecule has 3 fully saturated rings. The maximum absolute atomic E-state index is 12.0. The van der Waals surface area contributed by atoms with Gasteiger partial charge in [0.05, 0.1) is 6.10 Å². The van der Waals surface area contributed by atoms with Crippen LogP contribution in [-0.4, -0.2) is 21.4 Å². The van der Waals surface area contributed by atoms with Crippen molar-refractivity contribution in [2.45, 2.75) is 64.9 Å². The van der Waals surface area contributed by atoms with Gasteiger partial charge in [0.1, 0.15) is 0 Å². The van der Waals surface area contributed by atoms with E-state index in [0.29, 0.717) is 17.6 Å². The highest BCUT2D eigenvalue weighted by molar-refractivity contribution is 14.1. The lowest BCUT2D eigenvalue weighted by Gasteiger charge is -2.60. The van der Waals surface area contributed by atoms with E-state index in [9.17, 15) is 9.90 Å². The van der Waals surface area contributed by atoms with E-state index in [1.807, 2.05) is 6.08 Å². The number of allylic oxidation sites excluding steroid dienone is 1. The van der Waals surface area contributed by atoms with Crippen LogP contribution in [0.15, 0.2) is 11.6 Å². The standard InChI is InChI=1S/C20H29IO2/c1-19-7-5-14(22)10-13(19)9-12(11-21)18-15-3-4-17(23)20(15,2)8-6-16(18)19/h10,12,15-18,23H,3-9,11H2,1-2H3. The molecular formula is C20H29IO2. The van der Waals surface area contributed by atoms with Gasteiger partial charge < -0.3 is 5.11 Å². The number of hydrogen-bond acceptors (Lipinski definition) is 2. The molecule has 3 saturated carbocycles. The lowest BCUT2D eigenvalue weighted by Crippen LogP contribution is -2.54. The number of aliphatic hydroxyl groups is 1. The van der Waals surface area contributed by atoms with E-state index in [4.69, 9.17) is 0 Å². The molecule has 0 amide bonds. The van der Waals surface area contributed by atoms with Gasteiger partial charge in [-0.1, -0.05) is 42.0 Å². The van der Waals surface area contributed by atoms with E-state index in [1.54, 1.807) is 0 Å². The van der Waals surface area contributed by atoms with Gasteiger partial charge in [-0.2, -0.15) is 0 Å². The number of hydrogen-bond donors (Lipinski definition) is 1. The molecule has 7 atom stereocenters. The summed E-state index contributed by atoms with van der Waals surface area (Å²) in [5, 5.41) is 10.6. The molecule has 3 heteroatoms. The molecule has 128 valence electrons. The Morgan fingerprint density at radius 2 is 2.00 bits per heavy atom. The van der Waals surface area contributed by atoms with Crippen molar-refractivity contribution in [2.24, 2.45) is 34.5 Å². The van der Waals surface area contributed by atoms with Crippen molar-refractivity contribution in [1.29, 1.82) is 0 Å². The molecule has 23 heavy (non-hydrogen) atoms. The van der Waals surface area contributed by atoms with Crippen LogP contribution in [-0.2, 0) is 4.79 Å². The van der Waals surface area contributed by atoms with Gasteiger partial charge in [-0.05, 0) is 79.1 Å². The Morgan fingerprint density at radius 1 is 1.22 bits per heavy atom. The lowest BCUT2D eigenvalue weighted by atomic mass is 9.45. The molecule has 0 aliphatic heterocycles. The van der Waals surface area contributed by atoms with E-state index < -0.39 is 0 Å². The van der Waals surface area contributed by atoms with Crippen molar-refractivity contribution in [2.75, 3.05) is 4.43 Å². The number of alkyl halides is 1. The van der Waals surface area contributed by atoms with Gasteiger partial charge in [-0.15, -0.1) is 0 Å². The van der Waals surface area contributed by atoms with Crippen LogP contribution in [0.3, 0.4) is 0 Å². The summed E-state index contributed by atoms with van der Waals surface area (Å²) < 4.78 is 1.18. The molecule has 0 saturated heterocycles. The summed E-state index contributed by atoms with van der Waals surface area (Å²) in [6.45, 7) is 4.80. The zero-order valence-electron chi connectivity index (χ0n) is 14.4. The highest BCUT2D eigenvalue weighted by Gasteiger charge is 2.60. The smallest absolute Gasteiger partial charge is 0.155 e. The maximum Gasteiger partial charge on any atom is 0.155 e. The Hall–Kier alpha value is 0.1000. The van der Waals surface area contributed by atoms with Crippen molar-refractivity contribution in [3.8, 4) is 0 Å². The minimum absolute atomic E-state index is 0.0963. The van der Waals surface area contributed by atoms with Crippen molar-refractivity contribution in [1.82, 2.24) is 0 Å². The Labute approximate surface area is 153 Å². The first-order valence-corrected chi connectivity index (χ1v) is 10.9. The SMILES string of the molecule is CC12CCC(=O)C=C1CC(CI)C1C2CCC2(C)C(O)CCC12. The number of carbonyl (C=O) groups is 1. The fourth-order valence-electron chi connectivity index (χ4n) is 6.83. The first-order valence-electron chi connectivity index (χ1n) is 9.38. The average molecular weight is 428 g/mol. The highest BCUT2D eigenvalue weighted by Crippen LogP contribution is 2.66. The Balaban J connectivity index is 1.75. The average Bonchev–Trinajstić information content (AvgIpc) is 2.83. The van der Waals surface area contributed by atoms with Crippen molar-refractivity contribution in [3.63, 3.8) is 0 Å². The zero-order chi connectivity index (χ0) is 16.4. The summed E-state index contributed by atoms with van der Waals surface area (Å²) >= 11 is 2.56. The molecule has 1 N–H and O–H groups in total. The van der Waals surface area contributed by atoms with Crippen LogP contribution >= 0.6 is 22.6 Å². The summed E-state index contributed by atoms with van der Waals surface area (Å²) in [6.07, 6.45) is 9.44. The first-order chi connectivity index (χ1) is 10.9. The van der Waals surface area contributed by atoms with Gasteiger partial charge in [0, 0.05) is 10.8 Å². The van der Waals surface area contributed by atoms with Crippen molar-refractivity contribution < 1.29 is 9.90 Å². The third-order valence-electron chi connectivity index (χ3n) is 8.29. The molecule has 4 aliphatic rings. The minimum Gasteiger partial charge on any atom is -0.393 e. The molecule has 7 unspecified atom stereocenters. The van der Waals surface area contributed by atoms with Gasteiger partial charge in [-0.3, -0.25) is 4.79 Å². The summed E-state index contributed by atoms with van der Waals surface area (Å²) in [6, 6.07) is 0. The Kier molecular flexibility index (Phi) is 4.00. The topological polar surface area (TPSA) is 37.3 Å². The van der Waals surface area contributed by atoms with E-state index in [1.165, 1.54) is 29.3 Å². The van der Waals surface area contributed by atoms with Crippen molar-refractivity contribution in [3.05, 3.63) is 11.6 Å². The zero-order valence-corrected chi connectivity index (χ0v) is 16.5. The van der Waals surface area contributed by atoms with Crippen LogP contribution < -0.4 is 0 Å². The minimum atomic E-state index is -0.0963. The van der Waals surface area contributed by atoms with E-state index in [0.717, 1.165) is 37.5 Å². The van der Waals surface area contributed by atoms with Crippen LogP contribution in [0, 0.1) is 34.5 Å². The molecular weight excluding hydrogens is 399 g/mol. The quantitative estimate of drug-likeness (QED) is 0.492. The first kappa shape index (κ1) is 16.6. The molecule has 0 heterocycles. The van der Waals surface area contributed by atoms with Gasteiger partial charge >= 0.3 is 0 Å². The molecule has 4 aliphatic carbocycles. The normalized spacial score (nSPS) is 52.4. The van der Waals surface area contributed by atoms with Crippen LogP contribution in [0.5, 0.6) is 0 Å². The van der Waals surface area contributed by atoms with Gasteiger partial charge in [-0.25, -0.2) is 0 Å². The molecule has 0 bridgehead atoms. The second-order valence-corrected chi connectivity index (χ2v) is 9.98. The van der Waals surface area contributed by atoms with Crippen molar-refractivity contribution >= 4 is 28.4 Å². The van der Waals surface area contributed by atoms with E-state index in [2.05, 4.69) is 36.4 Å². The summed E-state index contributed by atoms with van der Waals surface area (Å²) in [7, 11) is 0. The predicted octanol–water partition coefficient (Wildman–Crippen LogP) is 4.54. The van der Waals surface area contributed by atoms with Gasteiger partial charge in [0.25, 0.3) is 0 Å². The third kappa shape index (κ3) is 2.24. The van der Waals surface area contributed by atoms with E-state index in [-0.39, 0.29) is 16.9 Å². The second-order valence-electron chi connectivity index (χ2n) is 9.10. The number of ketones is 1. The Morgan fingerprint density at radius 3 is 2.74 bits per heavy atom. The second kappa shape index (κ2) is 5.55. The monoisotopic (exact) mass is 428 g/mol. The summed E-state index contributed by atoms with van der Waals surface area (Å²) in [5.41, 5.74) is 1.85. The maximum atomic E-state index is 12.0. The predicted molar refractivity (Wildman–Crippen MR) is 100 cm³/mol. The van der Waals surface area contributed by atoms with Crippen LogP contribution in [0.4, 0.5) is 0 Å². The molecule has 4 rings (SSSR count). The van der Waals surface area contributed by atoms with Gasteiger partial charge in [0.2, 0.25) is 0 Å². The van der Waals surface area contributed by atoms with Crippen LogP contribution in [0.1, 0.15) is 58.8 Å². The molecule has 2 nitrogen and oxygen atoms in total. The van der Waals surface area contributed by atoms with Crippen LogP contribution in [0.2, 0.25) is 0 Å². The number of rotatable bonds is 1. The lowest BCUT2D eigenvalue weighted by molar-refractivity contribution is -0.119. The van der Waals surface area contributed by atoms with Crippen LogP contribution in [0.25, 0.3) is 0 Å². The fraction of sp³-hybridized carbons (Fsp3) is 0.850. The third-order valence-corrected chi connectivity index (χ3v) is 9.42. The highest BCUT2D eigenvalue weighted by atomic mass is 127. The number of carbonyl (C=O) groups excluding carboxylic acids is 1. The molecule has 0 aromatic carbocycles. The van der Waals surface area contributed by atoms with Gasteiger partial charge in [0.15, 0.2) is 5.78 Å².